The van der Waals surface area contributed by atoms with Crippen molar-refractivity contribution < 1.29 is 42.7 Å². The fourth-order valence-electron chi connectivity index (χ4n) is 5.25. The lowest BCUT2D eigenvalue weighted by Gasteiger charge is -2.48. The van der Waals surface area contributed by atoms with Crippen LogP contribution in [0.15, 0.2) is 121 Å². The molecule has 5 unspecified atom stereocenters. The zero-order valence-corrected chi connectivity index (χ0v) is 24.7. The second kappa shape index (κ2) is 16.1. The molecule has 1 aliphatic rings. The number of aliphatic hydroxyl groups is 2. The second-order valence-electron chi connectivity index (χ2n) is 10.9. The first-order valence-corrected chi connectivity index (χ1v) is 14.9. The Morgan fingerprint density at radius 3 is 1.36 bits per heavy atom. The quantitative estimate of drug-likeness (QED) is 0.166. The molecular formula is C36H38F2O7. The van der Waals surface area contributed by atoms with Crippen molar-refractivity contribution in [3.63, 3.8) is 0 Å². The van der Waals surface area contributed by atoms with Crippen molar-refractivity contribution in [1.29, 1.82) is 0 Å². The minimum atomic E-state index is -4.11. The molecule has 5 rings (SSSR count). The van der Waals surface area contributed by atoms with Gasteiger partial charge in [0.25, 0.3) is 0 Å². The zero-order valence-electron chi connectivity index (χ0n) is 24.7. The van der Waals surface area contributed by atoms with E-state index in [1.165, 1.54) is 0 Å². The summed E-state index contributed by atoms with van der Waals surface area (Å²) in [5, 5.41) is 19.7. The predicted molar refractivity (Wildman–Crippen MR) is 163 cm³/mol. The highest BCUT2D eigenvalue weighted by Crippen LogP contribution is 2.38. The van der Waals surface area contributed by atoms with Gasteiger partial charge < -0.3 is 33.9 Å². The molecule has 0 saturated carbocycles. The van der Waals surface area contributed by atoms with Crippen molar-refractivity contribution in [2.24, 2.45) is 0 Å². The molecule has 0 aromatic heterocycles. The first-order chi connectivity index (χ1) is 21.9. The third-order valence-corrected chi connectivity index (χ3v) is 7.61. The summed E-state index contributed by atoms with van der Waals surface area (Å²) >= 11 is 0. The number of hydrogen-bond acceptors (Lipinski definition) is 7. The van der Waals surface area contributed by atoms with Gasteiger partial charge in [0, 0.05) is 0 Å². The van der Waals surface area contributed by atoms with Gasteiger partial charge in [0.1, 0.15) is 24.4 Å². The Morgan fingerprint density at radius 1 is 0.556 bits per heavy atom. The summed E-state index contributed by atoms with van der Waals surface area (Å²) in [7, 11) is 0. The van der Waals surface area contributed by atoms with Crippen LogP contribution in [0.2, 0.25) is 0 Å². The Morgan fingerprint density at radius 2 is 0.933 bits per heavy atom. The predicted octanol–water partition coefficient (Wildman–Crippen LogP) is 5.67. The van der Waals surface area contributed by atoms with Crippen molar-refractivity contribution in [2.75, 3.05) is 6.61 Å². The Labute approximate surface area is 261 Å². The Balaban J connectivity index is 1.48. The lowest BCUT2D eigenvalue weighted by Crippen LogP contribution is -2.67. The average molecular weight is 621 g/mol. The Kier molecular flexibility index (Phi) is 11.8. The number of rotatable bonds is 15. The monoisotopic (exact) mass is 620 g/mol. The maximum atomic E-state index is 15.6. The van der Waals surface area contributed by atoms with Crippen LogP contribution in [0, 0.1) is 0 Å². The van der Waals surface area contributed by atoms with Crippen LogP contribution >= 0.6 is 0 Å². The highest BCUT2D eigenvalue weighted by atomic mass is 19.3. The molecule has 0 aliphatic carbocycles. The van der Waals surface area contributed by atoms with Crippen molar-refractivity contribution in [3.8, 4) is 0 Å². The maximum absolute atomic E-state index is 15.6. The lowest BCUT2D eigenvalue weighted by atomic mass is 9.90. The van der Waals surface area contributed by atoms with Crippen LogP contribution in [0.4, 0.5) is 8.78 Å². The van der Waals surface area contributed by atoms with Gasteiger partial charge in [-0.25, -0.2) is 0 Å². The highest BCUT2D eigenvalue weighted by molar-refractivity contribution is 5.17. The number of benzene rings is 4. The van der Waals surface area contributed by atoms with Gasteiger partial charge in [0.15, 0.2) is 6.10 Å². The summed E-state index contributed by atoms with van der Waals surface area (Å²) in [5.74, 6) is -4.11. The largest absolute Gasteiger partial charge is 0.374 e. The number of aliphatic hydroxyl groups excluding tert-OH is 1. The molecule has 1 heterocycles. The van der Waals surface area contributed by atoms with Gasteiger partial charge in [-0.05, 0) is 22.3 Å². The Bertz CT molecular complexity index is 1390. The Hall–Kier alpha value is -3.54. The van der Waals surface area contributed by atoms with E-state index in [4.69, 9.17) is 23.7 Å². The molecule has 2 N–H and O–H groups in total. The molecule has 0 spiro atoms. The van der Waals surface area contributed by atoms with Gasteiger partial charge in [-0.2, -0.15) is 8.78 Å². The normalized spacial score (nSPS) is 22.0. The van der Waals surface area contributed by atoms with E-state index >= 15 is 8.78 Å². The standard InChI is InChI=1S/C36H38F2O7/c37-36(38,35(39)40)34-33(44-24-29-19-11-4-12-20-29)32(43-23-28-17-9-3-10-18-28)31(42-22-27-15-7-2-8-16-27)30(45-34)25-41-21-26-13-5-1-6-14-26/h1-20,30-35,39-40H,21-25H2. The first-order valence-electron chi connectivity index (χ1n) is 14.9. The van der Waals surface area contributed by atoms with E-state index in [0.29, 0.717) is 0 Å². The van der Waals surface area contributed by atoms with Gasteiger partial charge in [-0.15, -0.1) is 0 Å². The highest BCUT2D eigenvalue weighted by Gasteiger charge is 2.60. The van der Waals surface area contributed by atoms with E-state index in [1.54, 1.807) is 12.1 Å². The molecule has 0 bridgehead atoms. The van der Waals surface area contributed by atoms with Crippen LogP contribution in [0.5, 0.6) is 0 Å². The van der Waals surface area contributed by atoms with Crippen LogP contribution in [0.25, 0.3) is 0 Å². The number of halogens is 2. The van der Waals surface area contributed by atoms with Gasteiger partial charge in [0.2, 0.25) is 6.29 Å². The van der Waals surface area contributed by atoms with E-state index in [1.807, 2.05) is 109 Å². The molecule has 1 aliphatic heterocycles. The van der Waals surface area contributed by atoms with Crippen LogP contribution in [-0.2, 0) is 50.1 Å². The van der Waals surface area contributed by atoms with Gasteiger partial charge in [-0.3, -0.25) is 0 Å². The first kappa shape index (κ1) is 32.8. The van der Waals surface area contributed by atoms with Crippen LogP contribution < -0.4 is 0 Å². The van der Waals surface area contributed by atoms with Gasteiger partial charge >= 0.3 is 5.92 Å². The molecular weight excluding hydrogens is 582 g/mol. The summed E-state index contributed by atoms with van der Waals surface area (Å²) in [5.41, 5.74) is 3.31. The molecule has 238 valence electrons. The SMILES string of the molecule is OC(O)C(F)(F)C1OC(COCc2ccccc2)C(OCc2ccccc2)C(OCc2ccccc2)C1OCc1ccccc1. The van der Waals surface area contributed by atoms with Crippen molar-refractivity contribution >= 4 is 0 Å². The molecule has 7 nitrogen and oxygen atoms in total. The lowest BCUT2D eigenvalue weighted by molar-refractivity contribution is -0.340. The van der Waals surface area contributed by atoms with Gasteiger partial charge in [-0.1, -0.05) is 121 Å². The molecule has 1 fully saturated rings. The van der Waals surface area contributed by atoms with Crippen LogP contribution in [0.3, 0.4) is 0 Å². The number of hydrogen-bond donors (Lipinski definition) is 2. The smallest absolute Gasteiger partial charge is 0.325 e. The molecule has 4 aromatic carbocycles. The van der Waals surface area contributed by atoms with Crippen molar-refractivity contribution in [3.05, 3.63) is 144 Å². The van der Waals surface area contributed by atoms with Gasteiger partial charge in [0.05, 0.1) is 33.0 Å². The third kappa shape index (κ3) is 9.02. The minimum Gasteiger partial charge on any atom is -0.374 e. The van der Waals surface area contributed by atoms with Crippen molar-refractivity contribution in [2.45, 2.75) is 69.2 Å². The average Bonchev–Trinajstić information content (AvgIpc) is 3.07. The van der Waals surface area contributed by atoms with Crippen LogP contribution in [-0.4, -0.2) is 59.6 Å². The maximum Gasteiger partial charge on any atom is 0.325 e. The molecule has 4 aromatic rings. The molecule has 5 atom stereocenters. The number of ether oxygens (including phenoxy) is 5. The fraction of sp³-hybridized carbons (Fsp3) is 0.333. The summed E-state index contributed by atoms with van der Waals surface area (Å²) in [6.45, 7) is 0.247. The van der Waals surface area contributed by atoms with Crippen molar-refractivity contribution in [1.82, 2.24) is 0 Å². The van der Waals surface area contributed by atoms with E-state index in [0.717, 1.165) is 22.3 Å². The molecule has 1 saturated heterocycles. The fourth-order valence-corrected chi connectivity index (χ4v) is 5.25. The number of alkyl halides is 2. The summed E-state index contributed by atoms with van der Waals surface area (Å²) in [6.07, 6.45) is -9.64. The molecule has 0 amide bonds. The molecule has 45 heavy (non-hydrogen) atoms. The molecule has 9 heteroatoms. The van der Waals surface area contributed by atoms with E-state index < -0.39 is 42.7 Å². The van der Waals surface area contributed by atoms with E-state index in [-0.39, 0.29) is 33.0 Å². The molecule has 0 radical (unpaired) electrons. The van der Waals surface area contributed by atoms with Crippen LogP contribution in [0.1, 0.15) is 22.3 Å². The summed E-state index contributed by atoms with van der Waals surface area (Å²) < 4.78 is 62.2. The summed E-state index contributed by atoms with van der Waals surface area (Å²) in [6, 6.07) is 37.3. The second-order valence-corrected chi connectivity index (χ2v) is 10.9. The zero-order chi connectivity index (χ0) is 31.5. The topological polar surface area (TPSA) is 86.6 Å². The van der Waals surface area contributed by atoms with E-state index in [9.17, 15) is 10.2 Å². The third-order valence-electron chi connectivity index (χ3n) is 7.61. The van der Waals surface area contributed by atoms with E-state index in [2.05, 4.69) is 0 Å². The summed E-state index contributed by atoms with van der Waals surface area (Å²) in [4.78, 5) is 0. The minimum absolute atomic E-state index is 0.0469.